The fourth-order valence-corrected chi connectivity index (χ4v) is 1.45. The molecule has 14 heavy (non-hydrogen) atoms. The summed E-state index contributed by atoms with van der Waals surface area (Å²) in [5.74, 6) is 0. The highest BCUT2D eigenvalue weighted by Crippen LogP contribution is 2.48. The number of rotatable bonds is 2. The van der Waals surface area contributed by atoms with Crippen molar-refractivity contribution in [3.05, 3.63) is 39.9 Å². The van der Waals surface area contributed by atoms with Crippen LogP contribution in [-0.4, -0.2) is 11.0 Å². The highest BCUT2D eigenvalue weighted by Gasteiger charge is 2.54. The molecule has 0 spiro atoms. The molecule has 0 amide bonds. The molecule has 0 aromatic heterocycles. The lowest BCUT2D eigenvalue weighted by molar-refractivity contribution is -0.384. The third-order valence-electron chi connectivity index (χ3n) is 2.50. The van der Waals surface area contributed by atoms with Crippen LogP contribution in [0, 0.1) is 10.1 Å². The Labute approximate surface area is 79.7 Å². The molecule has 2 unspecified atom stereocenters. The van der Waals surface area contributed by atoms with E-state index in [4.69, 9.17) is 5.73 Å². The van der Waals surface area contributed by atoms with Gasteiger partial charge in [0.05, 0.1) is 4.92 Å². The van der Waals surface area contributed by atoms with Gasteiger partial charge in [-0.2, -0.15) is 0 Å². The summed E-state index contributed by atoms with van der Waals surface area (Å²) in [4.78, 5) is 9.82. The lowest BCUT2D eigenvalue weighted by Gasteiger charge is -2.04. The molecule has 5 heteroatoms. The first kappa shape index (κ1) is 9.08. The molecule has 2 rings (SSSR count). The number of benzene rings is 1. The van der Waals surface area contributed by atoms with E-state index in [-0.39, 0.29) is 5.69 Å². The van der Waals surface area contributed by atoms with Crippen LogP contribution < -0.4 is 5.73 Å². The summed E-state index contributed by atoms with van der Waals surface area (Å²) >= 11 is 0. The summed E-state index contributed by atoms with van der Waals surface area (Å²) in [5.41, 5.74) is 4.35. The Morgan fingerprint density at radius 3 is 2.36 bits per heavy atom. The first-order chi connectivity index (χ1) is 6.54. The number of nitro groups is 1. The Morgan fingerprint density at radius 1 is 1.50 bits per heavy atom. The van der Waals surface area contributed by atoms with E-state index in [0.717, 1.165) is 0 Å². The van der Waals surface area contributed by atoms with E-state index < -0.39 is 16.6 Å². The van der Waals surface area contributed by atoms with Crippen LogP contribution in [0.2, 0.25) is 0 Å². The minimum atomic E-state index is -1.46. The molecule has 0 radical (unpaired) electrons. The van der Waals surface area contributed by atoms with Crippen molar-refractivity contribution in [1.29, 1.82) is 0 Å². The number of halogens is 1. The third-order valence-corrected chi connectivity index (χ3v) is 2.50. The lowest BCUT2D eigenvalue weighted by atomic mass is 10.1. The van der Waals surface area contributed by atoms with Crippen molar-refractivity contribution in [3.63, 3.8) is 0 Å². The van der Waals surface area contributed by atoms with Crippen LogP contribution in [0.25, 0.3) is 0 Å². The summed E-state index contributed by atoms with van der Waals surface area (Å²) in [6.07, 6.45) is 0.296. The fourth-order valence-electron chi connectivity index (χ4n) is 1.45. The fraction of sp³-hybridized carbons (Fsp3) is 0.333. The largest absolute Gasteiger partial charge is 0.325 e. The Morgan fingerprint density at radius 2 is 2.00 bits per heavy atom. The van der Waals surface area contributed by atoms with Gasteiger partial charge in [-0.3, -0.25) is 10.1 Å². The van der Waals surface area contributed by atoms with Gasteiger partial charge < -0.3 is 5.73 Å². The van der Waals surface area contributed by atoms with Gasteiger partial charge in [0.1, 0.15) is 0 Å². The number of nitrogens with zero attached hydrogens (tertiary/aromatic N) is 1. The number of non-ortho nitro benzene ring substituents is 1. The van der Waals surface area contributed by atoms with Gasteiger partial charge in [0.15, 0.2) is 5.67 Å². The summed E-state index contributed by atoms with van der Waals surface area (Å²) in [6, 6.07) is 4.96. The minimum Gasteiger partial charge on any atom is -0.325 e. The number of nitro benzene ring substituents is 1. The van der Waals surface area contributed by atoms with Gasteiger partial charge in [0.25, 0.3) is 5.69 Å². The van der Waals surface area contributed by atoms with Crippen LogP contribution in [0.4, 0.5) is 10.1 Å². The summed E-state index contributed by atoms with van der Waals surface area (Å²) in [5, 5.41) is 10.3. The predicted octanol–water partition coefficient (Wildman–Crippen LogP) is 1.49. The van der Waals surface area contributed by atoms with E-state index in [0.29, 0.717) is 12.0 Å². The van der Waals surface area contributed by atoms with Crippen molar-refractivity contribution in [2.24, 2.45) is 5.73 Å². The molecule has 1 aromatic rings. The van der Waals surface area contributed by atoms with Crippen LogP contribution in [0.15, 0.2) is 24.3 Å². The van der Waals surface area contributed by atoms with Crippen molar-refractivity contribution in [2.75, 3.05) is 0 Å². The molecule has 2 atom stereocenters. The highest BCUT2D eigenvalue weighted by molar-refractivity contribution is 5.39. The van der Waals surface area contributed by atoms with E-state index in [2.05, 4.69) is 0 Å². The van der Waals surface area contributed by atoms with E-state index in [1.54, 1.807) is 0 Å². The zero-order chi connectivity index (χ0) is 10.3. The normalized spacial score (nSPS) is 30.0. The van der Waals surface area contributed by atoms with Crippen molar-refractivity contribution >= 4 is 5.69 Å². The molecule has 0 bridgehead atoms. The second-order valence-electron chi connectivity index (χ2n) is 3.48. The van der Waals surface area contributed by atoms with Gasteiger partial charge in [0.2, 0.25) is 0 Å². The van der Waals surface area contributed by atoms with Gasteiger partial charge in [-0.25, -0.2) is 4.39 Å². The van der Waals surface area contributed by atoms with Crippen molar-refractivity contribution in [2.45, 2.75) is 18.1 Å². The van der Waals surface area contributed by atoms with Gasteiger partial charge >= 0.3 is 0 Å². The molecule has 1 aromatic carbocycles. The molecule has 1 aliphatic carbocycles. The minimum absolute atomic E-state index is 0.0356. The topological polar surface area (TPSA) is 69.2 Å². The first-order valence-corrected chi connectivity index (χ1v) is 4.23. The SMILES string of the molecule is NC1CC1(F)c1ccc([N+](=O)[O-])cc1. The van der Waals surface area contributed by atoms with E-state index in [1.807, 2.05) is 0 Å². The molecule has 1 saturated carbocycles. The average Bonchev–Trinajstić information content (AvgIpc) is 2.76. The van der Waals surface area contributed by atoms with Crippen LogP contribution in [-0.2, 0) is 5.67 Å². The van der Waals surface area contributed by atoms with E-state index in [1.165, 1.54) is 24.3 Å². The number of nitrogens with two attached hydrogens (primary N) is 1. The van der Waals surface area contributed by atoms with Crippen LogP contribution in [0.1, 0.15) is 12.0 Å². The first-order valence-electron chi connectivity index (χ1n) is 4.23. The lowest BCUT2D eigenvalue weighted by Crippen LogP contribution is -2.12. The highest BCUT2D eigenvalue weighted by atomic mass is 19.1. The van der Waals surface area contributed by atoms with Crippen LogP contribution in [0.3, 0.4) is 0 Å². The van der Waals surface area contributed by atoms with Crippen LogP contribution >= 0.6 is 0 Å². The number of alkyl halides is 1. The maximum absolute atomic E-state index is 13.7. The average molecular weight is 196 g/mol. The Hall–Kier alpha value is -1.49. The molecule has 0 heterocycles. The number of hydrogen-bond donors (Lipinski definition) is 1. The Kier molecular flexibility index (Phi) is 1.78. The Bertz CT molecular complexity index is 379. The van der Waals surface area contributed by atoms with Crippen LogP contribution in [0.5, 0.6) is 0 Å². The Balaban J connectivity index is 2.27. The molecule has 1 fully saturated rings. The molecule has 0 aliphatic heterocycles. The van der Waals surface area contributed by atoms with Crippen molar-refractivity contribution in [1.82, 2.24) is 0 Å². The molecule has 1 aliphatic rings. The molecular weight excluding hydrogens is 187 g/mol. The quantitative estimate of drug-likeness (QED) is 0.575. The summed E-state index contributed by atoms with van der Waals surface area (Å²) in [6.45, 7) is 0. The molecule has 74 valence electrons. The summed E-state index contributed by atoms with van der Waals surface area (Å²) in [7, 11) is 0. The molecule has 2 N–H and O–H groups in total. The van der Waals surface area contributed by atoms with Gasteiger partial charge in [-0.05, 0) is 17.7 Å². The maximum atomic E-state index is 13.7. The van der Waals surface area contributed by atoms with Gasteiger partial charge in [-0.15, -0.1) is 0 Å². The molecule has 4 nitrogen and oxygen atoms in total. The second-order valence-corrected chi connectivity index (χ2v) is 3.48. The van der Waals surface area contributed by atoms with Gasteiger partial charge in [-0.1, -0.05) is 0 Å². The molecule has 0 saturated heterocycles. The predicted molar refractivity (Wildman–Crippen MR) is 48.5 cm³/mol. The zero-order valence-electron chi connectivity index (χ0n) is 7.31. The zero-order valence-corrected chi connectivity index (χ0v) is 7.31. The van der Waals surface area contributed by atoms with E-state index in [9.17, 15) is 14.5 Å². The standard InChI is InChI=1S/C9H9FN2O2/c10-9(5-8(9)11)6-1-3-7(4-2-6)12(13)14/h1-4,8H,5,11H2. The maximum Gasteiger partial charge on any atom is 0.269 e. The van der Waals surface area contributed by atoms with Crippen molar-refractivity contribution in [3.8, 4) is 0 Å². The van der Waals surface area contributed by atoms with Gasteiger partial charge in [0, 0.05) is 24.6 Å². The monoisotopic (exact) mass is 196 g/mol. The third kappa shape index (κ3) is 1.26. The van der Waals surface area contributed by atoms with E-state index >= 15 is 0 Å². The molecular formula is C9H9FN2O2. The van der Waals surface area contributed by atoms with Crippen molar-refractivity contribution < 1.29 is 9.31 Å². The second kappa shape index (κ2) is 2.75. The summed E-state index contributed by atoms with van der Waals surface area (Å²) < 4.78 is 13.7. The number of hydrogen-bond acceptors (Lipinski definition) is 3. The smallest absolute Gasteiger partial charge is 0.269 e.